The van der Waals surface area contributed by atoms with Crippen molar-refractivity contribution in [3.63, 3.8) is 0 Å². The van der Waals surface area contributed by atoms with E-state index in [1.165, 1.54) is 31.2 Å². The average Bonchev–Trinajstić information content (AvgIpc) is 3.29. The number of rotatable bonds is 6. The molecule has 2 saturated carbocycles. The first-order valence-corrected chi connectivity index (χ1v) is 6.92. The van der Waals surface area contributed by atoms with E-state index >= 15 is 0 Å². The first-order valence-electron chi connectivity index (χ1n) is 6.92. The van der Waals surface area contributed by atoms with Crippen LogP contribution in [0.2, 0.25) is 0 Å². The second-order valence-electron chi connectivity index (χ2n) is 5.51. The van der Waals surface area contributed by atoms with E-state index in [2.05, 4.69) is 10.6 Å². The molecule has 0 unspecified atom stereocenters. The number of carbonyl (C=O) groups excluding carboxylic acids is 1. The Morgan fingerprint density at radius 1 is 1.11 bits per heavy atom. The van der Waals surface area contributed by atoms with Gasteiger partial charge in [-0.2, -0.15) is 0 Å². The Labute approximate surface area is 108 Å². The first kappa shape index (κ1) is 11.7. The molecule has 0 aliphatic heterocycles. The summed E-state index contributed by atoms with van der Waals surface area (Å²) in [7, 11) is 0. The minimum absolute atomic E-state index is 0.0589. The highest BCUT2D eigenvalue weighted by molar-refractivity contribution is 5.94. The summed E-state index contributed by atoms with van der Waals surface area (Å²) < 4.78 is 0. The normalized spacial score (nSPS) is 18.7. The largest absolute Gasteiger partial charge is 0.352 e. The van der Waals surface area contributed by atoms with Crippen LogP contribution in [0.15, 0.2) is 24.3 Å². The van der Waals surface area contributed by atoms with Crippen molar-refractivity contribution in [1.82, 2.24) is 10.6 Å². The van der Waals surface area contributed by atoms with Gasteiger partial charge in [-0.15, -0.1) is 0 Å². The number of nitrogens with one attached hydrogen (secondary N) is 2. The SMILES string of the molecule is O=C(NCC1CC1)c1ccc(CNC2CC2)cc1. The highest BCUT2D eigenvalue weighted by atomic mass is 16.1. The molecule has 2 N–H and O–H groups in total. The van der Waals surface area contributed by atoms with Crippen LogP contribution in [-0.4, -0.2) is 18.5 Å². The molecule has 1 aromatic rings. The molecule has 0 spiro atoms. The van der Waals surface area contributed by atoms with Crippen LogP contribution in [0.4, 0.5) is 0 Å². The highest BCUT2D eigenvalue weighted by Gasteiger charge is 2.22. The number of hydrogen-bond acceptors (Lipinski definition) is 2. The molecule has 2 aliphatic carbocycles. The molecular formula is C15H20N2O. The topological polar surface area (TPSA) is 41.1 Å². The summed E-state index contributed by atoms with van der Waals surface area (Å²) in [5.74, 6) is 0.791. The lowest BCUT2D eigenvalue weighted by atomic mass is 10.1. The third kappa shape index (κ3) is 3.33. The summed E-state index contributed by atoms with van der Waals surface area (Å²) in [6, 6.07) is 8.66. The fourth-order valence-corrected chi connectivity index (χ4v) is 1.98. The summed E-state index contributed by atoms with van der Waals surface area (Å²) >= 11 is 0. The van der Waals surface area contributed by atoms with Gasteiger partial charge in [0.2, 0.25) is 0 Å². The minimum Gasteiger partial charge on any atom is -0.352 e. The zero-order valence-electron chi connectivity index (χ0n) is 10.6. The Bertz CT molecular complexity index is 419. The molecule has 0 saturated heterocycles. The van der Waals surface area contributed by atoms with Gasteiger partial charge in [0.15, 0.2) is 0 Å². The predicted octanol–water partition coefficient (Wildman–Crippen LogP) is 2.08. The van der Waals surface area contributed by atoms with E-state index in [9.17, 15) is 4.79 Å². The monoisotopic (exact) mass is 244 g/mol. The number of benzene rings is 1. The van der Waals surface area contributed by atoms with E-state index in [0.717, 1.165) is 30.6 Å². The highest BCUT2D eigenvalue weighted by Crippen LogP contribution is 2.27. The molecule has 3 rings (SSSR count). The van der Waals surface area contributed by atoms with Crippen molar-refractivity contribution in [3.05, 3.63) is 35.4 Å². The molecule has 0 atom stereocenters. The van der Waals surface area contributed by atoms with Gasteiger partial charge >= 0.3 is 0 Å². The number of carbonyl (C=O) groups is 1. The Morgan fingerprint density at radius 2 is 1.83 bits per heavy atom. The fraction of sp³-hybridized carbons (Fsp3) is 0.533. The lowest BCUT2D eigenvalue weighted by Gasteiger charge is -2.06. The molecular weight excluding hydrogens is 224 g/mol. The molecule has 0 bridgehead atoms. The van der Waals surface area contributed by atoms with Gasteiger partial charge in [0.25, 0.3) is 5.91 Å². The number of hydrogen-bond donors (Lipinski definition) is 2. The molecule has 0 aromatic heterocycles. The molecule has 3 nitrogen and oxygen atoms in total. The van der Waals surface area contributed by atoms with Crippen LogP contribution in [0.25, 0.3) is 0 Å². The summed E-state index contributed by atoms with van der Waals surface area (Å²) in [5.41, 5.74) is 2.02. The lowest BCUT2D eigenvalue weighted by molar-refractivity contribution is 0.0952. The van der Waals surface area contributed by atoms with Gasteiger partial charge in [-0.3, -0.25) is 4.79 Å². The predicted molar refractivity (Wildman–Crippen MR) is 71.4 cm³/mol. The van der Waals surface area contributed by atoms with Crippen LogP contribution in [0.1, 0.15) is 41.6 Å². The third-order valence-electron chi connectivity index (χ3n) is 3.64. The van der Waals surface area contributed by atoms with Crippen LogP contribution in [0, 0.1) is 5.92 Å². The molecule has 96 valence electrons. The lowest BCUT2D eigenvalue weighted by Crippen LogP contribution is -2.25. The van der Waals surface area contributed by atoms with Crippen molar-refractivity contribution in [1.29, 1.82) is 0 Å². The Hall–Kier alpha value is -1.35. The van der Waals surface area contributed by atoms with Gasteiger partial charge in [0.1, 0.15) is 0 Å². The van der Waals surface area contributed by atoms with Crippen molar-refractivity contribution in [2.45, 2.75) is 38.3 Å². The molecule has 18 heavy (non-hydrogen) atoms. The Morgan fingerprint density at radius 3 is 2.44 bits per heavy atom. The van der Waals surface area contributed by atoms with Gasteiger partial charge in [-0.05, 0) is 49.3 Å². The van der Waals surface area contributed by atoms with Crippen molar-refractivity contribution in [2.24, 2.45) is 5.92 Å². The summed E-state index contributed by atoms with van der Waals surface area (Å²) in [6.45, 7) is 1.75. The van der Waals surface area contributed by atoms with E-state index in [4.69, 9.17) is 0 Å². The Balaban J connectivity index is 1.50. The second-order valence-corrected chi connectivity index (χ2v) is 5.51. The van der Waals surface area contributed by atoms with Crippen molar-refractivity contribution >= 4 is 5.91 Å². The van der Waals surface area contributed by atoms with Crippen LogP contribution >= 0.6 is 0 Å². The van der Waals surface area contributed by atoms with Gasteiger partial charge in [-0.1, -0.05) is 12.1 Å². The maximum Gasteiger partial charge on any atom is 0.251 e. The van der Waals surface area contributed by atoms with E-state index in [1.807, 2.05) is 24.3 Å². The van der Waals surface area contributed by atoms with Gasteiger partial charge in [-0.25, -0.2) is 0 Å². The van der Waals surface area contributed by atoms with Crippen molar-refractivity contribution in [2.75, 3.05) is 6.54 Å². The third-order valence-corrected chi connectivity index (χ3v) is 3.64. The zero-order valence-corrected chi connectivity index (χ0v) is 10.6. The summed E-state index contributed by atoms with van der Waals surface area (Å²) in [6.07, 6.45) is 5.15. The first-order chi connectivity index (χ1) is 8.81. The zero-order chi connectivity index (χ0) is 12.4. The molecule has 2 fully saturated rings. The summed E-state index contributed by atoms with van der Waals surface area (Å²) in [5, 5.41) is 6.46. The standard InChI is InChI=1S/C15H20N2O/c18-15(17-10-11-1-2-11)13-5-3-12(4-6-13)9-16-14-7-8-14/h3-6,11,14,16H,1-2,7-10H2,(H,17,18). The molecule has 1 aromatic carbocycles. The van der Waals surface area contributed by atoms with Crippen molar-refractivity contribution < 1.29 is 4.79 Å². The molecule has 2 aliphatic rings. The fourth-order valence-electron chi connectivity index (χ4n) is 1.98. The van der Waals surface area contributed by atoms with Crippen LogP contribution in [0.5, 0.6) is 0 Å². The average molecular weight is 244 g/mol. The van der Waals surface area contributed by atoms with E-state index in [0.29, 0.717) is 0 Å². The maximum absolute atomic E-state index is 11.8. The summed E-state index contributed by atoms with van der Waals surface area (Å²) in [4.78, 5) is 11.8. The van der Waals surface area contributed by atoms with Gasteiger partial charge < -0.3 is 10.6 Å². The van der Waals surface area contributed by atoms with Gasteiger partial charge in [0, 0.05) is 24.7 Å². The smallest absolute Gasteiger partial charge is 0.251 e. The number of amides is 1. The van der Waals surface area contributed by atoms with Crippen molar-refractivity contribution in [3.8, 4) is 0 Å². The molecule has 1 amide bonds. The van der Waals surface area contributed by atoms with E-state index < -0.39 is 0 Å². The minimum atomic E-state index is 0.0589. The van der Waals surface area contributed by atoms with Crippen LogP contribution in [-0.2, 0) is 6.54 Å². The molecule has 0 radical (unpaired) electrons. The quantitative estimate of drug-likeness (QED) is 0.804. The Kier molecular flexibility index (Phi) is 3.33. The molecule has 0 heterocycles. The van der Waals surface area contributed by atoms with Gasteiger partial charge in [0.05, 0.1) is 0 Å². The molecule has 3 heteroatoms. The van der Waals surface area contributed by atoms with E-state index in [1.54, 1.807) is 0 Å². The second kappa shape index (κ2) is 5.11. The van der Waals surface area contributed by atoms with Crippen LogP contribution in [0.3, 0.4) is 0 Å². The van der Waals surface area contributed by atoms with E-state index in [-0.39, 0.29) is 5.91 Å². The maximum atomic E-state index is 11.8. The van der Waals surface area contributed by atoms with Crippen LogP contribution < -0.4 is 10.6 Å².